The van der Waals surface area contributed by atoms with Gasteiger partial charge in [0.1, 0.15) is 0 Å². The van der Waals surface area contributed by atoms with Crippen LogP contribution in [0.2, 0.25) is 10.0 Å². The highest BCUT2D eigenvalue weighted by molar-refractivity contribution is 6.34. The first-order valence-corrected chi connectivity index (χ1v) is 7.10. The third-order valence-electron chi connectivity index (χ3n) is 3.29. The van der Waals surface area contributed by atoms with Crippen molar-refractivity contribution in [2.45, 2.75) is 25.8 Å². The molecule has 5 heteroatoms. The third kappa shape index (κ3) is 3.35. The van der Waals surface area contributed by atoms with Crippen molar-refractivity contribution in [3.63, 3.8) is 0 Å². The number of aromatic nitrogens is 1. The number of hydrogen-bond acceptors (Lipinski definition) is 3. The Bertz CT molecular complexity index is 395. The van der Waals surface area contributed by atoms with Gasteiger partial charge in [0, 0.05) is 19.4 Å². The average molecular weight is 289 g/mol. The van der Waals surface area contributed by atoms with Gasteiger partial charge in [0.25, 0.3) is 0 Å². The van der Waals surface area contributed by atoms with Crippen LogP contribution in [0, 0.1) is 5.92 Å². The van der Waals surface area contributed by atoms with Gasteiger partial charge in [-0.15, -0.1) is 0 Å². The minimum absolute atomic E-state index is 0.184. The molecule has 1 aromatic rings. The number of nitrogens with zero attached hydrogens (tertiary/aromatic N) is 1. The van der Waals surface area contributed by atoms with Crippen LogP contribution in [0.15, 0.2) is 12.3 Å². The molecule has 18 heavy (non-hydrogen) atoms. The van der Waals surface area contributed by atoms with Crippen LogP contribution in [0.3, 0.4) is 0 Å². The zero-order chi connectivity index (χ0) is 13.0. The van der Waals surface area contributed by atoms with Gasteiger partial charge in [-0.25, -0.2) is 0 Å². The minimum atomic E-state index is 0.184. The van der Waals surface area contributed by atoms with Crippen LogP contribution < -0.4 is 5.32 Å². The van der Waals surface area contributed by atoms with E-state index < -0.39 is 0 Å². The first kappa shape index (κ1) is 14.1. The molecule has 0 radical (unpaired) electrons. The fourth-order valence-electron chi connectivity index (χ4n) is 2.41. The standard InChI is InChI=1S/C13H18Cl2N2O/c1-2-16-12(9-3-5-18-6-4-9)13-11(15)7-10(14)8-17-13/h7-9,12,16H,2-6H2,1H3. The molecule has 0 aliphatic carbocycles. The van der Waals surface area contributed by atoms with E-state index in [2.05, 4.69) is 17.2 Å². The molecule has 1 unspecified atom stereocenters. The number of halogens is 2. The molecular weight excluding hydrogens is 271 g/mol. The first-order chi connectivity index (χ1) is 8.72. The normalized spacial score (nSPS) is 18.8. The van der Waals surface area contributed by atoms with E-state index in [-0.39, 0.29) is 6.04 Å². The molecule has 100 valence electrons. The van der Waals surface area contributed by atoms with Gasteiger partial charge in [0.2, 0.25) is 0 Å². The van der Waals surface area contributed by atoms with Gasteiger partial charge in [-0.2, -0.15) is 0 Å². The Balaban J connectivity index is 2.22. The fraction of sp³-hybridized carbons (Fsp3) is 0.615. The molecule has 1 atom stereocenters. The van der Waals surface area contributed by atoms with Crippen molar-refractivity contribution in [1.82, 2.24) is 10.3 Å². The molecule has 0 amide bonds. The highest BCUT2D eigenvalue weighted by Crippen LogP contribution is 2.33. The Labute approximate surface area is 118 Å². The number of rotatable bonds is 4. The second kappa shape index (κ2) is 6.71. The molecule has 1 aliphatic rings. The Morgan fingerprint density at radius 2 is 2.17 bits per heavy atom. The number of nitrogens with one attached hydrogen (secondary N) is 1. The molecular formula is C13H18Cl2N2O. The molecule has 0 saturated carbocycles. The van der Waals surface area contributed by atoms with E-state index in [1.807, 2.05) is 0 Å². The van der Waals surface area contributed by atoms with Crippen LogP contribution in [0.1, 0.15) is 31.5 Å². The van der Waals surface area contributed by atoms with Gasteiger partial charge < -0.3 is 10.1 Å². The van der Waals surface area contributed by atoms with Gasteiger partial charge in [-0.1, -0.05) is 30.1 Å². The molecule has 1 aliphatic heterocycles. The van der Waals surface area contributed by atoms with Crippen molar-refractivity contribution < 1.29 is 4.74 Å². The fourth-order valence-corrected chi connectivity index (χ4v) is 2.91. The lowest BCUT2D eigenvalue weighted by Gasteiger charge is -2.31. The van der Waals surface area contributed by atoms with Crippen LogP contribution in [0.5, 0.6) is 0 Å². The summed E-state index contributed by atoms with van der Waals surface area (Å²) in [7, 11) is 0. The van der Waals surface area contributed by atoms with Gasteiger partial charge in [-0.05, 0) is 31.4 Å². The summed E-state index contributed by atoms with van der Waals surface area (Å²) in [5.41, 5.74) is 0.898. The lowest BCUT2D eigenvalue weighted by Crippen LogP contribution is -2.32. The van der Waals surface area contributed by atoms with Crippen molar-refractivity contribution in [3.8, 4) is 0 Å². The predicted octanol–water partition coefficient (Wildman–Crippen LogP) is 3.47. The van der Waals surface area contributed by atoms with E-state index >= 15 is 0 Å². The zero-order valence-corrected chi connectivity index (χ0v) is 12.0. The summed E-state index contributed by atoms with van der Waals surface area (Å²) in [6.45, 7) is 4.62. The Morgan fingerprint density at radius 1 is 1.44 bits per heavy atom. The van der Waals surface area contributed by atoms with E-state index in [4.69, 9.17) is 27.9 Å². The molecule has 1 fully saturated rings. The molecule has 2 rings (SSSR count). The topological polar surface area (TPSA) is 34.2 Å². The maximum Gasteiger partial charge on any atom is 0.0762 e. The number of ether oxygens (including phenoxy) is 1. The molecule has 1 aromatic heterocycles. The Morgan fingerprint density at radius 3 is 2.78 bits per heavy atom. The van der Waals surface area contributed by atoms with E-state index in [9.17, 15) is 0 Å². The molecule has 0 bridgehead atoms. The van der Waals surface area contributed by atoms with Crippen molar-refractivity contribution in [2.24, 2.45) is 5.92 Å². The van der Waals surface area contributed by atoms with E-state index in [1.165, 1.54) is 0 Å². The summed E-state index contributed by atoms with van der Waals surface area (Å²) in [6, 6.07) is 1.94. The van der Waals surface area contributed by atoms with Gasteiger partial charge in [0.05, 0.1) is 21.8 Å². The maximum atomic E-state index is 6.26. The number of hydrogen-bond donors (Lipinski definition) is 1. The van der Waals surface area contributed by atoms with Crippen LogP contribution in [0.25, 0.3) is 0 Å². The Hall–Kier alpha value is -0.350. The highest BCUT2D eigenvalue weighted by atomic mass is 35.5. The molecule has 1 saturated heterocycles. The smallest absolute Gasteiger partial charge is 0.0762 e. The van der Waals surface area contributed by atoms with Crippen molar-refractivity contribution in [1.29, 1.82) is 0 Å². The molecule has 0 spiro atoms. The summed E-state index contributed by atoms with van der Waals surface area (Å²) in [6.07, 6.45) is 3.74. The van der Waals surface area contributed by atoms with Crippen LogP contribution >= 0.6 is 23.2 Å². The van der Waals surface area contributed by atoms with Crippen molar-refractivity contribution in [2.75, 3.05) is 19.8 Å². The van der Waals surface area contributed by atoms with E-state index in [0.29, 0.717) is 16.0 Å². The molecule has 0 aromatic carbocycles. The van der Waals surface area contributed by atoms with Crippen LogP contribution in [-0.2, 0) is 4.74 Å². The average Bonchev–Trinajstić information content (AvgIpc) is 2.38. The largest absolute Gasteiger partial charge is 0.381 e. The van der Waals surface area contributed by atoms with Gasteiger partial charge in [-0.3, -0.25) is 4.98 Å². The van der Waals surface area contributed by atoms with Gasteiger partial charge >= 0.3 is 0 Å². The quantitative estimate of drug-likeness (QED) is 0.921. The monoisotopic (exact) mass is 288 g/mol. The van der Waals surface area contributed by atoms with Crippen molar-refractivity contribution >= 4 is 23.2 Å². The zero-order valence-electron chi connectivity index (χ0n) is 10.5. The number of pyridine rings is 1. The van der Waals surface area contributed by atoms with Gasteiger partial charge in [0.15, 0.2) is 0 Å². The van der Waals surface area contributed by atoms with E-state index in [0.717, 1.165) is 38.3 Å². The predicted molar refractivity (Wildman–Crippen MR) is 74.2 cm³/mol. The summed E-state index contributed by atoms with van der Waals surface area (Å²) in [4.78, 5) is 4.40. The second-order valence-electron chi connectivity index (χ2n) is 4.51. The lowest BCUT2D eigenvalue weighted by atomic mass is 9.89. The molecule has 1 N–H and O–H groups in total. The lowest BCUT2D eigenvalue weighted by molar-refractivity contribution is 0.0533. The SMILES string of the molecule is CCNC(c1ncc(Cl)cc1Cl)C1CCOCC1. The van der Waals surface area contributed by atoms with Crippen molar-refractivity contribution in [3.05, 3.63) is 28.0 Å². The highest BCUT2D eigenvalue weighted by Gasteiger charge is 2.27. The van der Waals surface area contributed by atoms with Crippen LogP contribution in [0.4, 0.5) is 0 Å². The van der Waals surface area contributed by atoms with E-state index in [1.54, 1.807) is 12.3 Å². The summed E-state index contributed by atoms with van der Waals surface area (Å²) in [5.74, 6) is 0.518. The minimum Gasteiger partial charge on any atom is -0.381 e. The summed E-state index contributed by atoms with van der Waals surface area (Å²) < 4.78 is 5.41. The third-order valence-corrected chi connectivity index (χ3v) is 3.80. The van der Waals surface area contributed by atoms with Crippen LogP contribution in [-0.4, -0.2) is 24.7 Å². The maximum absolute atomic E-state index is 6.26. The molecule has 2 heterocycles. The molecule has 3 nitrogen and oxygen atoms in total. The second-order valence-corrected chi connectivity index (χ2v) is 5.35. The Kier molecular flexibility index (Phi) is 5.25. The summed E-state index contributed by atoms with van der Waals surface area (Å²) in [5, 5.41) is 4.70. The summed E-state index contributed by atoms with van der Waals surface area (Å²) >= 11 is 12.2. The first-order valence-electron chi connectivity index (χ1n) is 6.34.